The number of carboxylic acid groups (broad SMARTS) is 1. The van der Waals surface area contributed by atoms with Crippen LogP contribution >= 0.6 is 0 Å². The number of ether oxygens (including phenoxy) is 1. The highest BCUT2D eigenvalue weighted by Gasteiger charge is 2.30. The number of carbonyl (C=O) groups is 1. The molecule has 0 saturated heterocycles. The standard InChI is InChI=1S/C19H11F3N2O3/c20-19(21,22)12-3-1-4-13(10-12)27-17-16-5-2-8-24(16)15-7-6-11(18(25)26)9-14(15)23-17/h1-10H,(H,25,26). The van der Waals surface area contributed by atoms with E-state index >= 15 is 0 Å². The minimum absolute atomic E-state index is 0.0193. The molecular weight excluding hydrogens is 361 g/mol. The van der Waals surface area contributed by atoms with E-state index in [0.29, 0.717) is 16.6 Å². The molecule has 0 spiro atoms. The van der Waals surface area contributed by atoms with Crippen LogP contribution in [0.15, 0.2) is 60.8 Å². The molecule has 4 aromatic rings. The van der Waals surface area contributed by atoms with E-state index in [1.165, 1.54) is 24.3 Å². The van der Waals surface area contributed by atoms with Crippen molar-refractivity contribution in [2.45, 2.75) is 6.18 Å². The van der Waals surface area contributed by atoms with Gasteiger partial charge in [0.15, 0.2) is 0 Å². The quantitative estimate of drug-likeness (QED) is 0.550. The summed E-state index contributed by atoms with van der Waals surface area (Å²) in [6, 6.07) is 12.4. The van der Waals surface area contributed by atoms with Gasteiger partial charge < -0.3 is 14.2 Å². The number of rotatable bonds is 3. The SMILES string of the molecule is O=C(O)c1ccc2c(c1)nc(Oc1cccc(C(F)(F)F)c1)c1cccn12. The van der Waals surface area contributed by atoms with Crippen LogP contribution in [0.25, 0.3) is 16.6 Å². The van der Waals surface area contributed by atoms with Crippen molar-refractivity contribution in [1.82, 2.24) is 9.38 Å². The maximum atomic E-state index is 12.9. The Bertz CT molecular complexity index is 1180. The Morgan fingerprint density at radius 2 is 1.85 bits per heavy atom. The Balaban J connectivity index is 1.85. The lowest BCUT2D eigenvalue weighted by molar-refractivity contribution is -0.137. The van der Waals surface area contributed by atoms with Crippen LogP contribution in [0.4, 0.5) is 13.2 Å². The number of hydrogen-bond donors (Lipinski definition) is 1. The fraction of sp³-hybridized carbons (Fsp3) is 0.0526. The first kappa shape index (κ1) is 16.9. The van der Waals surface area contributed by atoms with Crippen molar-refractivity contribution in [2.24, 2.45) is 0 Å². The van der Waals surface area contributed by atoms with Gasteiger partial charge in [0.2, 0.25) is 5.88 Å². The van der Waals surface area contributed by atoms with Gasteiger partial charge in [0.25, 0.3) is 0 Å². The number of halogens is 3. The summed E-state index contributed by atoms with van der Waals surface area (Å²) in [4.78, 5) is 15.5. The van der Waals surface area contributed by atoms with Gasteiger partial charge in [-0.05, 0) is 48.5 Å². The van der Waals surface area contributed by atoms with Crippen LogP contribution in [0.5, 0.6) is 11.6 Å². The van der Waals surface area contributed by atoms with Gasteiger partial charge in [-0.15, -0.1) is 0 Å². The predicted molar refractivity (Wildman–Crippen MR) is 91.2 cm³/mol. The second-order valence-electron chi connectivity index (χ2n) is 5.82. The molecule has 0 fully saturated rings. The summed E-state index contributed by atoms with van der Waals surface area (Å²) in [6.07, 6.45) is -2.75. The highest BCUT2D eigenvalue weighted by atomic mass is 19.4. The molecule has 1 N–H and O–H groups in total. The third-order valence-corrected chi connectivity index (χ3v) is 4.05. The van der Waals surface area contributed by atoms with Gasteiger partial charge in [0.1, 0.15) is 11.3 Å². The molecular formula is C19H11F3N2O3. The highest BCUT2D eigenvalue weighted by Crippen LogP contribution is 2.34. The van der Waals surface area contributed by atoms with Gasteiger partial charge >= 0.3 is 12.1 Å². The van der Waals surface area contributed by atoms with Crippen molar-refractivity contribution in [2.75, 3.05) is 0 Å². The van der Waals surface area contributed by atoms with E-state index in [2.05, 4.69) is 4.98 Å². The molecule has 136 valence electrons. The first-order valence-corrected chi connectivity index (χ1v) is 7.82. The number of carboxylic acids is 1. The van der Waals surface area contributed by atoms with E-state index in [9.17, 15) is 18.0 Å². The predicted octanol–water partition coefficient (Wildman–Crippen LogP) is 5.00. The number of aromatic carboxylic acids is 1. The molecule has 0 aliphatic carbocycles. The largest absolute Gasteiger partial charge is 0.478 e. The van der Waals surface area contributed by atoms with Crippen molar-refractivity contribution in [3.05, 3.63) is 71.9 Å². The van der Waals surface area contributed by atoms with Crippen LogP contribution < -0.4 is 4.74 Å². The van der Waals surface area contributed by atoms with Crippen molar-refractivity contribution in [3.63, 3.8) is 0 Å². The van der Waals surface area contributed by atoms with Crippen LogP contribution in [-0.4, -0.2) is 20.5 Å². The molecule has 0 amide bonds. The molecule has 0 aliphatic heterocycles. The molecule has 4 rings (SSSR count). The van der Waals surface area contributed by atoms with Gasteiger partial charge in [-0.1, -0.05) is 6.07 Å². The molecule has 8 heteroatoms. The molecule has 0 radical (unpaired) electrons. The van der Waals surface area contributed by atoms with Crippen molar-refractivity contribution < 1.29 is 27.8 Å². The highest BCUT2D eigenvalue weighted by molar-refractivity contribution is 5.93. The first-order valence-electron chi connectivity index (χ1n) is 7.82. The third-order valence-electron chi connectivity index (χ3n) is 4.05. The zero-order valence-electron chi connectivity index (χ0n) is 13.6. The fourth-order valence-electron chi connectivity index (χ4n) is 2.80. The molecule has 0 bridgehead atoms. The summed E-state index contributed by atoms with van der Waals surface area (Å²) in [7, 11) is 0. The zero-order chi connectivity index (χ0) is 19.2. The van der Waals surface area contributed by atoms with Crippen molar-refractivity contribution in [1.29, 1.82) is 0 Å². The summed E-state index contributed by atoms with van der Waals surface area (Å²) in [5.41, 5.74) is 0.756. The zero-order valence-corrected chi connectivity index (χ0v) is 13.6. The number of hydrogen-bond acceptors (Lipinski definition) is 3. The lowest BCUT2D eigenvalue weighted by Crippen LogP contribution is -2.05. The lowest BCUT2D eigenvalue weighted by atomic mass is 10.2. The molecule has 5 nitrogen and oxygen atoms in total. The minimum Gasteiger partial charge on any atom is -0.478 e. The van der Waals surface area contributed by atoms with Gasteiger partial charge in [0, 0.05) is 6.20 Å². The summed E-state index contributed by atoms with van der Waals surface area (Å²) in [5.74, 6) is -1.05. The van der Waals surface area contributed by atoms with Crippen molar-refractivity contribution >= 4 is 22.5 Å². The van der Waals surface area contributed by atoms with Crippen molar-refractivity contribution in [3.8, 4) is 11.6 Å². The number of nitrogens with zero attached hydrogens (tertiary/aromatic N) is 2. The Kier molecular flexibility index (Phi) is 3.76. The summed E-state index contributed by atoms with van der Waals surface area (Å²) >= 11 is 0. The third kappa shape index (κ3) is 3.05. The van der Waals surface area contributed by atoms with E-state index in [0.717, 1.165) is 12.1 Å². The minimum atomic E-state index is -4.49. The van der Waals surface area contributed by atoms with E-state index in [1.54, 1.807) is 28.8 Å². The maximum Gasteiger partial charge on any atom is 0.416 e. The second kappa shape index (κ2) is 6.01. The Hall–Kier alpha value is -3.55. The molecule has 2 heterocycles. The summed E-state index contributed by atoms with van der Waals surface area (Å²) in [6.45, 7) is 0. The van der Waals surface area contributed by atoms with Crippen LogP contribution in [0.1, 0.15) is 15.9 Å². The topological polar surface area (TPSA) is 63.8 Å². The number of benzene rings is 2. The maximum absolute atomic E-state index is 12.9. The van der Waals surface area contributed by atoms with Gasteiger partial charge in [-0.25, -0.2) is 9.78 Å². The molecule has 2 aromatic heterocycles. The average molecular weight is 372 g/mol. The summed E-state index contributed by atoms with van der Waals surface area (Å²) in [5, 5.41) is 9.16. The first-order chi connectivity index (χ1) is 12.8. The molecule has 0 saturated carbocycles. The lowest BCUT2D eigenvalue weighted by Gasteiger charge is -2.12. The fourth-order valence-corrected chi connectivity index (χ4v) is 2.80. The van der Waals surface area contributed by atoms with Crippen LogP contribution in [0.3, 0.4) is 0 Å². The van der Waals surface area contributed by atoms with E-state index in [1.807, 2.05) is 0 Å². The van der Waals surface area contributed by atoms with E-state index in [4.69, 9.17) is 9.84 Å². The van der Waals surface area contributed by atoms with Gasteiger partial charge in [-0.2, -0.15) is 13.2 Å². The Labute approximate surface area is 150 Å². The molecule has 0 atom stereocenters. The summed E-state index contributed by atoms with van der Waals surface area (Å²) < 4.78 is 46.1. The van der Waals surface area contributed by atoms with Crippen LogP contribution in [0, 0.1) is 0 Å². The Morgan fingerprint density at radius 1 is 1.04 bits per heavy atom. The molecule has 2 aromatic carbocycles. The monoisotopic (exact) mass is 372 g/mol. The average Bonchev–Trinajstić information content (AvgIpc) is 3.11. The van der Waals surface area contributed by atoms with Gasteiger partial charge in [-0.3, -0.25) is 0 Å². The molecule has 0 aliphatic rings. The van der Waals surface area contributed by atoms with Gasteiger partial charge in [0.05, 0.1) is 22.2 Å². The second-order valence-corrected chi connectivity index (χ2v) is 5.82. The number of fused-ring (bicyclic) bond motifs is 3. The van der Waals surface area contributed by atoms with Crippen LogP contribution in [-0.2, 0) is 6.18 Å². The smallest absolute Gasteiger partial charge is 0.416 e. The molecule has 0 unspecified atom stereocenters. The molecule has 27 heavy (non-hydrogen) atoms. The number of alkyl halides is 3. The number of aromatic nitrogens is 2. The Morgan fingerprint density at radius 3 is 2.59 bits per heavy atom. The van der Waals surface area contributed by atoms with E-state index < -0.39 is 17.7 Å². The van der Waals surface area contributed by atoms with E-state index in [-0.39, 0.29) is 17.2 Å². The van der Waals surface area contributed by atoms with Crippen LogP contribution in [0.2, 0.25) is 0 Å². The normalized spacial score (nSPS) is 11.8.